The number of aliphatic carboxylic acids is 1. The van der Waals surface area contributed by atoms with Crippen molar-refractivity contribution in [3.63, 3.8) is 0 Å². The zero-order chi connectivity index (χ0) is 22.6. The molecule has 0 bridgehead atoms. The van der Waals surface area contributed by atoms with Gasteiger partial charge in [0.15, 0.2) is 0 Å². The summed E-state index contributed by atoms with van der Waals surface area (Å²) in [5.41, 5.74) is 3.94. The summed E-state index contributed by atoms with van der Waals surface area (Å²) in [7, 11) is 0. The molecule has 1 aliphatic rings. The van der Waals surface area contributed by atoms with Crippen molar-refractivity contribution in [3.05, 3.63) is 59.7 Å². The average Bonchev–Trinajstić information content (AvgIpc) is 3.03. The Bertz CT molecular complexity index is 934. The molecule has 0 spiro atoms. The number of benzene rings is 2. The largest absolute Gasteiger partial charge is 0.481 e. The highest BCUT2D eigenvalue weighted by Gasteiger charge is 2.30. The van der Waals surface area contributed by atoms with Crippen LogP contribution in [0, 0.1) is 0 Å². The second-order valence-corrected chi connectivity index (χ2v) is 8.54. The molecule has 2 aromatic carbocycles. The Morgan fingerprint density at radius 1 is 1.00 bits per heavy atom. The lowest BCUT2D eigenvalue weighted by molar-refractivity contribution is -0.140. The van der Waals surface area contributed by atoms with E-state index < -0.39 is 17.6 Å². The van der Waals surface area contributed by atoms with Crippen molar-refractivity contribution in [1.29, 1.82) is 0 Å². The molecule has 2 N–H and O–H groups in total. The molecule has 0 radical (unpaired) electrons. The molecule has 7 heteroatoms. The first-order chi connectivity index (χ1) is 14.7. The van der Waals surface area contributed by atoms with E-state index in [1.54, 1.807) is 0 Å². The van der Waals surface area contributed by atoms with Crippen molar-refractivity contribution >= 4 is 18.0 Å². The first-order valence-electron chi connectivity index (χ1n) is 10.3. The first-order valence-corrected chi connectivity index (χ1v) is 10.3. The van der Waals surface area contributed by atoms with Gasteiger partial charge in [0.25, 0.3) is 0 Å². The number of nitrogens with zero attached hydrogens (tertiary/aromatic N) is 1. The zero-order valence-corrected chi connectivity index (χ0v) is 18.1. The van der Waals surface area contributed by atoms with E-state index in [4.69, 9.17) is 9.84 Å². The van der Waals surface area contributed by atoms with E-state index in [2.05, 4.69) is 17.4 Å². The van der Waals surface area contributed by atoms with E-state index in [0.717, 1.165) is 22.3 Å². The molecule has 7 nitrogen and oxygen atoms in total. The van der Waals surface area contributed by atoms with E-state index in [0.29, 0.717) is 0 Å². The minimum atomic E-state index is -0.980. The number of fused-ring (bicyclic) bond motifs is 3. The molecular weight excluding hydrogens is 396 g/mol. The van der Waals surface area contributed by atoms with E-state index in [1.165, 1.54) is 4.90 Å². The van der Waals surface area contributed by atoms with Gasteiger partial charge in [-0.05, 0) is 43.0 Å². The summed E-state index contributed by atoms with van der Waals surface area (Å²) in [5.74, 6) is -1.40. The standard InChI is InChI=1S/C24H28N2O5/c1-24(2,3)26(13-12-22(28)29)21(27)14-25-23(30)31-15-20-18-10-6-4-8-16(18)17-9-5-7-11-19(17)20/h4-11,20H,12-15H2,1-3H3,(H,25,30)(H,28,29). The van der Waals surface area contributed by atoms with Gasteiger partial charge < -0.3 is 20.1 Å². The second kappa shape index (κ2) is 9.20. The van der Waals surface area contributed by atoms with Crippen LogP contribution in [0.3, 0.4) is 0 Å². The Kier molecular flexibility index (Phi) is 6.63. The van der Waals surface area contributed by atoms with Crippen LogP contribution in [0.25, 0.3) is 11.1 Å². The Morgan fingerprint density at radius 2 is 1.55 bits per heavy atom. The summed E-state index contributed by atoms with van der Waals surface area (Å²) < 4.78 is 5.44. The van der Waals surface area contributed by atoms with Gasteiger partial charge in [-0.2, -0.15) is 0 Å². The van der Waals surface area contributed by atoms with Gasteiger partial charge in [0.1, 0.15) is 13.2 Å². The fourth-order valence-corrected chi connectivity index (χ4v) is 3.93. The van der Waals surface area contributed by atoms with Crippen LogP contribution < -0.4 is 5.32 Å². The Hall–Kier alpha value is -3.35. The minimum Gasteiger partial charge on any atom is -0.481 e. The lowest BCUT2D eigenvalue weighted by Gasteiger charge is -2.35. The van der Waals surface area contributed by atoms with Crippen LogP contribution in [0.2, 0.25) is 0 Å². The normalized spacial score (nSPS) is 12.6. The highest BCUT2D eigenvalue weighted by molar-refractivity contribution is 5.83. The van der Waals surface area contributed by atoms with Gasteiger partial charge in [0, 0.05) is 18.0 Å². The fourth-order valence-electron chi connectivity index (χ4n) is 3.93. The minimum absolute atomic E-state index is 0.0597. The van der Waals surface area contributed by atoms with Crippen LogP contribution in [0.1, 0.15) is 44.2 Å². The van der Waals surface area contributed by atoms with E-state index >= 15 is 0 Å². The summed E-state index contributed by atoms with van der Waals surface area (Å²) in [5, 5.41) is 11.4. The number of hydrogen-bond donors (Lipinski definition) is 2. The predicted octanol–water partition coefficient (Wildman–Crippen LogP) is 3.63. The molecule has 0 fully saturated rings. The maximum absolute atomic E-state index is 12.6. The monoisotopic (exact) mass is 424 g/mol. The molecular formula is C24H28N2O5. The topological polar surface area (TPSA) is 95.9 Å². The number of carboxylic acid groups (broad SMARTS) is 1. The van der Waals surface area contributed by atoms with Gasteiger partial charge in [-0.1, -0.05) is 48.5 Å². The Balaban J connectivity index is 1.58. The van der Waals surface area contributed by atoms with E-state index in [1.807, 2.05) is 57.2 Å². The van der Waals surface area contributed by atoms with Gasteiger partial charge >= 0.3 is 12.1 Å². The van der Waals surface area contributed by atoms with Gasteiger partial charge in [0.2, 0.25) is 5.91 Å². The summed E-state index contributed by atoms with van der Waals surface area (Å²) in [6, 6.07) is 16.1. The van der Waals surface area contributed by atoms with Crippen molar-refractivity contribution < 1.29 is 24.2 Å². The maximum Gasteiger partial charge on any atom is 0.407 e. The molecule has 0 atom stereocenters. The van der Waals surface area contributed by atoms with Crippen LogP contribution in [0.15, 0.2) is 48.5 Å². The molecule has 2 amide bonds. The van der Waals surface area contributed by atoms with Crippen molar-refractivity contribution in [1.82, 2.24) is 10.2 Å². The van der Waals surface area contributed by atoms with Crippen LogP contribution >= 0.6 is 0 Å². The van der Waals surface area contributed by atoms with Crippen molar-refractivity contribution in [2.45, 2.75) is 38.6 Å². The average molecular weight is 424 g/mol. The highest BCUT2D eigenvalue weighted by atomic mass is 16.5. The number of carboxylic acids is 1. The van der Waals surface area contributed by atoms with Crippen LogP contribution in [-0.4, -0.2) is 53.2 Å². The third kappa shape index (κ3) is 5.23. The molecule has 0 aromatic heterocycles. The highest BCUT2D eigenvalue weighted by Crippen LogP contribution is 2.44. The first kappa shape index (κ1) is 22.3. The van der Waals surface area contributed by atoms with Gasteiger partial charge in [-0.15, -0.1) is 0 Å². The molecule has 0 unspecified atom stereocenters. The summed E-state index contributed by atoms with van der Waals surface area (Å²) >= 11 is 0. The van der Waals surface area contributed by atoms with Crippen molar-refractivity contribution in [2.24, 2.45) is 0 Å². The molecule has 0 aliphatic heterocycles. The Labute approximate surface area is 182 Å². The van der Waals surface area contributed by atoms with Crippen LogP contribution in [-0.2, 0) is 14.3 Å². The van der Waals surface area contributed by atoms with Crippen molar-refractivity contribution in [3.8, 4) is 11.1 Å². The number of carbonyl (C=O) groups is 3. The molecule has 0 saturated heterocycles. The summed E-state index contributed by atoms with van der Waals surface area (Å²) in [4.78, 5) is 37.2. The summed E-state index contributed by atoms with van der Waals surface area (Å²) in [6.07, 6.45) is -0.837. The number of rotatable bonds is 7. The lowest BCUT2D eigenvalue weighted by Crippen LogP contribution is -2.50. The molecule has 3 rings (SSSR count). The SMILES string of the molecule is CC(C)(C)N(CCC(=O)O)C(=O)CNC(=O)OCC1c2ccccc2-c2ccccc21. The predicted molar refractivity (Wildman–Crippen MR) is 117 cm³/mol. The molecule has 0 heterocycles. The van der Waals surface area contributed by atoms with Crippen LogP contribution in [0.4, 0.5) is 4.79 Å². The molecule has 2 aromatic rings. The Morgan fingerprint density at radius 3 is 2.06 bits per heavy atom. The second-order valence-electron chi connectivity index (χ2n) is 8.54. The number of ether oxygens (including phenoxy) is 1. The molecule has 31 heavy (non-hydrogen) atoms. The number of amides is 2. The van der Waals surface area contributed by atoms with E-state index in [9.17, 15) is 14.4 Å². The van der Waals surface area contributed by atoms with Gasteiger partial charge in [-0.3, -0.25) is 9.59 Å². The smallest absolute Gasteiger partial charge is 0.407 e. The lowest BCUT2D eigenvalue weighted by atomic mass is 9.98. The van der Waals surface area contributed by atoms with Crippen molar-refractivity contribution in [2.75, 3.05) is 19.7 Å². The molecule has 0 saturated carbocycles. The number of hydrogen-bond acceptors (Lipinski definition) is 4. The third-order valence-corrected chi connectivity index (χ3v) is 5.39. The number of alkyl carbamates (subject to hydrolysis) is 1. The fraction of sp³-hybridized carbons (Fsp3) is 0.375. The third-order valence-electron chi connectivity index (χ3n) is 5.39. The van der Waals surface area contributed by atoms with Gasteiger partial charge in [0.05, 0.1) is 6.42 Å². The summed E-state index contributed by atoms with van der Waals surface area (Å²) in [6.45, 7) is 5.44. The molecule has 164 valence electrons. The zero-order valence-electron chi connectivity index (χ0n) is 18.1. The van der Waals surface area contributed by atoms with Crippen LogP contribution in [0.5, 0.6) is 0 Å². The van der Waals surface area contributed by atoms with Gasteiger partial charge in [-0.25, -0.2) is 4.79 Å². The van der Waals surface area contributed by atoms with E-state index in [-0.39, 0.29) is 37.9 Å². The molecule has 1 aliphatic carbocycles. The maximum atomic E-state index is 12.6. The number of carbonyl (C=O) groups excluding carboxylic acids is 2. The quantitative estimate of drug-likeness (QED) is 0.708. The number of nitrogens with one attached hydrogen (secondary N) is 1.